The van der Waals surface area contributed by atoms with Crippen molar-refractivity contribution in [3.8, 4) is 0 Å². The molecule has 0 spiro atoms. The van der Waals surface area contributed by atoms with Crippen molar-refractivity contribution in [3.63, 3.8) is 0 Å². The van der Waals surface area contributed by atoms with E-state index in [1.54, 1.807) is 12.1 Å². The van der Waals surface area contributed by atoms with E-state index in [-0.39, 0.29) is 4.83 Å². The van der Waals surface area contributed by atoms with Crippen LogP contribution in [0.5, 0.6) is 0 Å². The second kappa shape index (κ2) is 7.80. The number of rotatable bonds is 7. The molecule has 0 heterocycles. The van der Waals surface area contributed by atoms with Crippen LogP contribution in [0.1, 0.15) is 44.6 Å². The van der Waals surface area contributed by atoms with E-state index >= 15 is 0 Å². The lowest BCUT2D eigenvalue weighted by molar-refractivity contribution is 0.496. The SMILES string of the molecule is CCCCCCC(Br)Cc1cccc(F)c1F. The van der Waals surface area contributed by atoms with Crippen LogP contribution in [0.4, 0.5) is 8.78 Å². The molecule has 0 aliphatic heterocycles. The topological polar surface area (TPSA) is 0 Å². The van der Waals surface area contributed by atoms with Crippen LogP contribution in [0, 0.1) is 11.6 Å². The molecule has 0 aromatic heterocycles. The number of halogens is 3. The average Bonchev–Trinajstić information content (AvgIpc) is 2.31. The Morgan fingerprint density at radius 1 is 1.18 bits per heavy atom. The maximum atomic E-state index is 13.4. The maximum absolute atomic E-state index is 13.4. The summed E-state index contributed by atoms with van der Waals surface area (Å²) >= 11 is 3.54. The highest BCUT2D eigenvalue weighted by Crippen LogP contribution is 2.20. The first-order chi connectivity index (χ1) is 8.15. The maximum Gasteiger partial charge on any atom is 0.162 e. The Labute approximate surface area is 111 Å². The molecule has 0 saturated carbocycles. The van der Waals surface area contributed by atoms with Gasteiger partial charge in [-0.2, -0.15) is 0 Å². The van der Waals surface area contributed by atoms with Crippen molar-refractivity contribution >= 4 is 15.9 Å². The molecule has 1 unspecified atom stereocenters. The van der Waals surface area contributed by atoms with Crippen LogP contribution in [0.3, 0.4) is 0 Å². The third-order valence-corrected chi connectivity index (χ3v) is 3.63. The van der Waals surface area contributed by atoms with E-state index in [0.29, 0.717) is 12.0 Å². The summed E-state index contributed by atoms with van der Waals surface area (Å²) in [7, 11) is 0. The molecule has 3 heteroatoms. The molecule has 0 bridgehead atoms. The van der Waals surface area contributed by atoms with E-state index in [1.807, 2.05) is 0 Å². The van der Waals surface area contributed by atoms with Gasteiger partial charge < -0.3 is 0 Å². The number of hydrogen-bond donors (Lipinski definition) is 0. The van der Waals surface area contributed by atoms with Crippen molar-refractivity contribution in [2.45, 2.75) is 50.3 Å². The Kier molecular flexibility index (Phi) is 6.71. The van der Waals surface area contributed by atoms with Crippen LogP contribution in [0.15, 0.2) is 18.2 Å². The molecule has 0 radical (unpaired) electrons. The van der Waals surface area contributed by atoms with Gasteiger partial charge in [-0.05, 0) is 24.5 Å². The zero-order chi connectivity index (χ0) is 12.7. The van der Waals surface area contributed by atoms with Gasteiger partial charge in [0.2, 0.25) is 0 Å². The highest BCUT2D eigenvalue weighted by Gasteiger charge is 2.11. The molecular weight excluding hydrogens is 286 g/mol. The third-order valence-electron chi connectivity index (χ3n) is 2.84. The molecule has 1 aromatic rings. The van der Waals surface area contributed by atoms with E-state index in [2.05, 4.69) is 22.9 Å². The highest BCUT2D eigenvalue weighted by molar-refractivity contribution is 9.09. The fourth-order valence-electron chi connectivity index (χ4n) is 1.84. The first-order valence-corrected chi connectivity index (χ1v) is 7.13. The zero-order valence-electron chi connectivity index (χ0n) is 10.2. The summed E-state index contributed by atoms with van der Waals surface area (Å²) in [6.45, 7) is 2.17. The van der Waals surface area contributed by atoms with Crippen LogP contribution in [-0.4, -0.2) is 4.83 Å². The normalized spacial score (nSPS) is 12.7. The molecule has 0 N–H and O–H groups in total. The first-order valence-electron chi connectivity index (χ1n) is 6.22. The summed E-state index contributed by atoms with van der Waals surface area (Å²) in [5, 5.41) is 0. The molecule has 0 nitrogen and oxygen atoms in total. The highest BCUT2D eigenvalue weighted by atomic mass is 79.9. The van der Waals surface area contributed by atoms with Crippen molar-refractivity contribution < 1.29 is 8.78 Å². The molecule has 1 rings (SSSR count). The van der Waals surface area contributed by atoms with Crippen molar-refractivity contribution in [3.05, 3.63) is 35.4 Å². The van der Waals surface area contributed by atoms with E-state index in [9.17, 15) is 8.78 Å². The van der Waals surface area contributed by atoms with Gasteiger partial charge in [-0.3, -0.25) is 0 Å². The van der Waals surface area contributed by atoms with E-state index in [4.69, 9.17) is 0 Å². The molecule has 0 aliphatic carbocycles. The van der Waals surface area contributed by atoms with Crippen LogP contribution >= 0.6 is 15.9 Å². The summed E-state index contributed by atoms with van der Waals surface area (Å²) < 4.78 is 26.4. The van der Waals surface area contributed by atoms with Crippen molar-refractivity contribution in [1.82, 2.24) is 0 Å². The third kappa shape index (κ3) is 5.15. The number of alkyl halides is 1. The lowest BCUT2D eigenvalue weighted by Gasteiger charge is -2.10. The molecule has 1 atom stereocenters. The molecule has 96 valence electrons. The van der Waals surface area contributed by atoms with Gasteiger partial charge in [0.1, 0.15) is 0 Å². The largest absolute Gasteiger partial charge is 0.204 e. The predicted molar refractivity (Wildman–Crippen MR) is 71.5 cm³/mol. The fraction of sp³-hybridized carbons (Fsp3) is 0.571. The van der Waals surface area contributed by atoms with Crippen molar-refractivity contribution in [1.29, 1.82) is 0 Å². The van der Waals surface area contributed by atoms with Crippen molar-refractivity contribution in [2.75, 3.05) is 0 Å². The Morgan fingerprint density at radius 2 is 1.94 bits per heavy atom. The summed E-state index contributed by atoms with van der Waals surface area (Å²) in [5.41, 5.74) is 0.461. The quantitative estimate of drug-likeness (QED) is 0.477. The minimum atomic E-state index is -0.756. The lowest BCUT2D eigenvalue weighted by atomic mass is 10.0. The van der Waals surface area contributed by atoms with Crippen molar-refractivity contribution in [2.24, 2.45) is 0 Å². The Hall–Kier alpha value is -0.440. The van der Waals surface area contributed by atoms with Gasteiger partial charge in [0.15, 0.2) is 11.6 Å². The molecule has 0 amide bonds. The zero-order valence-corrected chi connectivity index (χ0v) is 11.8. The second-order valence-electron chi connectivity index (χ2n) is 4.36. The van der Waals surface area contributed by atoms with E-state index < -0.39 is 11.6 Å². The van der Waals surface area contributed by atoms with Crippen LogP contribution in [0.2, 0.25) is 0 Å². The van der Waals surface area contributed by atoms with Gasteiger partial charge in [-0.1, -0.05) is 60.7 Å². The average molecular weight is 305 g/mol. The monoisotopic (exact) mass is 304 g/mol. The predicted octanol–water partition coefficient (Wildman–Crippen LogP) is 5.24. The van der Waals surface area contributed by atoms with Crippen LogP contribution < -0.4 is 0 Å². The summed E-state index contributed by atoms with van der Waals surface area (Å²) in [5.74, 6) is -1.46. The molecule has 17 heavy (non-hydrogen) atoms. The van der Waals surface area contributed by atoms with Gasteiger partial charge in [-0.25, -0.2) is 8.78 Å². The Balaban J connectivity index is 2.39. The Morgan fingerprint density at radius 3 is 2.65 bits per heavy atom. The van der Waals surface area contributed by atoms with Crippen LogP contribution in [0.25, 0.3) is 0 Å². The summed E-state index contributed by atoms with van der Waals surface area (Å²) in [4.78, 5) is 0.232. The summed E-state index contributed by atoms with van der Waals surface area (Å²) in [6.07, 6.45) is 6.37. The fourth-order valence-corrected chi connectivity index (χ4v) is 2.51. The standard InChI is InChI=1S/C14H19BrF2/c1-2-3-4-5-8-12(15)10-11-7-6-9-13(16)14(11)17/h6-7,9,12H,2-5,8,10H2,1H3. The van der Waals surface area contributed by atoms with Crippen LogP contribution in [-0.2, 0) is 6.42 Å². The van der Waals surface area contributed by atoms with Gasteiger partial charge in [0.25, 0.3) is 0 Å². The Bertz CT molecular complexity index is 339. The molecular formula is C14H19BrF2. The smallest absolute Gasteiger partial charge is 0.162 e. The molecule has 0 saturated heterocycles. The lowest BCUT2D eigenvalue weighted by Crippen LogP contribution is -2.05. The van der Waals surface area contributed by atoms with E-state index in [0.717, 1.165) is 18.9 Å². The number of hydrogen-bond acceptors (Lipinski definition) is 0. The minimum absolute atomic E-state index is 0.232. The summed E-state index contributed by atoms with van der Waals surface area (Å²) in [6, 6.07) is 4.37. The van der Waals surface area contributed by atoms with E-state index in [1.165, 1.54) is 19.3 Å². The number of unbranched alkanes of at least 4 members (excludes halogenated alkanes) is 3. The molecule has 1 aromatic carbocycles. The van der Waals surface area contributed by atoms with Gasteiger partial charge in [0.05, 0.1) is 0 Å². The van der Waals surface area contributed by atoms with Gasteiger partial charge in [-0.15, -0.1) is 0 Å². The minimum Gasteiger partial charge on any atom is -0.204 e. The van der Waals surface area contributed by atoms with Gasteiger partial charge in [0, 0.05) is 4.83 Å². The molecule has 0 aliphatic rings. The molecule has 0 fully saturated rings. The van der Waals surface area contributed by atoms with Gasteiger partial charge >= 0.3 is 0 Å². The number of benzene rings is 1. The second-order valence-corrected chi connectivity index (χ2v) is 5.66. The first kappa shape index (κ1) is 14.6.